The third-order valence-electron chi connectivity index (χ3n) is 6.62. The first kappa shape index (κ1) is 30.1. The van der Waals surface area contributed by atoms with Gasteiger partial charge in [-0.1, -0.05) is 60.7 Å². The number of benzene rings is 5. The van der Waals surface area contributed by atoms with E-state index in [9.17, 15) is 35.9 Å². The van der Waals surface area contributed by atoms with Gasteiger partial charge in [0.1, 0.15) is 0 Å². The van der Waals surface area contributed by atoms with Gasteiger partial charge in [-0.15, -0.1) is 0 Å². The molecule has 10 heteroatoms. The zero-order valence-corrected chi connectivity index (χ0v) is 22.6. The van der Waals surface area contributed by atoms with Gasteiger partial charge in [-0.2, -0.15) is 26.3 Å². The van der Waals surface area contributed by atoms with Crippen molar-refractivity contribution in [3.05, 3.63) is 143 Å². The summed E-state index contributed by atoms with van der Waals surface area (Å²) >= 11 is 0. The van der Waals surface area contributed by atoms with Crippen molar-refractivity contribution in [2.75, 3.05) is 10.6 Å². The van der Waals surface area contributed by atoms with Gasteiger partial charge in [0.25, 0.3) is 11.8 Å². The molecule has 222 valence electrons. The lowest BCUT2D eigenvalue weighted by Crippen LogP contribution is -2.17. The number of hydrogen-bond donors (Lipinski definition) is 2. The molecule has 0 bridgehead atoms. The summed E-state index contributed by atoms with van der Waals surface area (Å²) in [4.78, 5) is 26.3. The van der Waals surface area contributed by atoms with Crippen molar-refractivity contribution in [3.63, 3.8) is 0 Å². The molecule has 2 N–H and O–H groups in total. The van der Waals surface area contributed by atoms with E-state index in [1.54, 1.807) is 12.2 Å². The average Bonchev–Trinajstić information content (AvgIpc) is 2.99. The molecule has 4 nitrogen and oxygen atoms in total. The number of fused-ring (bicyclic) bond motifs is 1. The first-order valence-corrected chi connectivity index (χ1v) is 13.1. The van der Waals surface area contributed by atoms with Crippen LogP contribution in [0.3, 0.4) is 0 Å². The molecule has 0 aliphatic rings. The molecule has 0 unspecified atom stereocenters. The Morgan fingerprint density at radius 2 is 1.00 bits per heavy atom. The monoisotopic (exact) mass is 604 g/mol. The molecule has 5 aromatic rings. The second-order valence-electron chi connectivity index (χ2n) is 9.85. The molecule has 0 heterocycles. The molecule has 0 spiro atoms. The van der Waals surface area contributed by atoms with Crippen molar-refractivity contribution in [2.24, 2.45) is 0 Å². The molecular formula is C34H22F6N2O2. The van der Waals surface area contributed by atoms with Gasteiger partial charge in [-0.3, -0.25) is 9.59 Å². The predicted octanol–water partition coefficient (Wildman–Crippen LogP) is 9.55. The van der Waals surface area contributed by atoms with Crippen LogP contribution in [0, 0.1) is 0 Å². The fourth-order valence-electron chi connectivity index (χ4n) is 4.47. The van der Waals surface area contributed by atoms with Gasteiger partial charge in [-0.05, 0) is 82.6 Å². The van der Waals surface area contributed by atoms with Crippen LogP contribution in [0.1, 0.15) is 43.0 Å². The zero-order valence-electron chi connectivity index (χ0n) is 22.6. The SMILES string of the molecule is O=C(Nc1cccc(C(F)(F)F)c1)c1cc(/C=C/c2ccc3ccccc3c2)cc(C(=O)Nc2cccc(C(F)(F)F)c2)c1. The van der Waals surface area contributed by atoms with E-state index in [1.807, 2.05) is 42.5 Å². The maximum Gasteiger partial charge on any atom is 0.416 e. The van der Waals surface area contributed by atoms with E-state index in [0.29, 0.717) is 5.56 Å². The number of rotatable bonds is 6. The Bertz CT molecular complexity index is 1800. The predicted molar refractivity (Wildman–Crippen MR) is 158 cm³/mol. The summed E-state index contributed by atoms with van der Waals surface area (Å²) in [7, 11) is 0. The van der Waals surface area contributed by atoms with E-state index in [1.165, 1.54) is 30.3 Å². The summed E-state index contributed by atoms with van der Waals surface area (Å²) in [6.07, 6.45) is -5.84. The summed E-state index contributed by atoms with van der Waals surface area (Å²) in [6.45, 7) is 0. The standard InChI is InChI=1S/C34H22F6N2O2/c35-33(36,37)27-7-3-9-29(19-27)41-31(43)25-16-22(12-11-21-13-14-23-5-1-2-6-24(23)15-21)17-26(18-25)32(44)42-30-10-4-8-28(20-30)34(38,39)40/h1-20H,(H,41,43)(H,42,44)/b12-11+. The summed E-state index contributed by atoms with van der Waals surface area (Å²) in [5.74, 6) is -1.59. The summed E-state index contributed by atoms with van der Waals surface area (Å²) < 4.78 is 79.1. The van der Waals surface area contributed by atoms with E-state index < -0.39 is 35.3 Å². The summed E-state index contributed by atoms with van der Waals surface area (Å²) in [5.41, 5.74) is -1.04. The van der Waals surface area contributed by atoms with Crippen LogP contribution in [0.25, 0.3) is 22.9 Å². The van der Waals surface area contributed by atoms with Crippen LogP contribution in [0.2, 0.25) is 0 Å². The largest absolute Gasteiger partial charge is 0.416 e. The van der Waals surface area contributed by atoms with E-state index in [2.05, 4.69) is 10.6 Å². The Hall–Kier alpha value is -5.38. The first-order chi connectivity index (χ1) is 20.8. The molecule has 0 radical (unpaired) electrons. The highest BCUT2D eigenvalue weighted by molar-refractivity contribution is 6.09. The molecule has 44 heavy (non-hydrogen) atoms. The molecule has 5 aromatic carbocycles. The van der Waals surface area contributed by atoms with E-state index in [-0.39, 0.29) is 22.5 Å². The number of alkyl halides is 6. The average molecular weight is 605 g/mol. The molecule has 0 aliphatic heterocycles. The topological polar surface area (TPSA) is 58.2 Å². The molecule has 0 aromatic heterocycles. The molecule has 0 fully saturated rings. The van der Waals surface area contributed by atoms with Gasteiger partial charge >= 0.3 is 12.4 Å². The molecule has 0 aliphatic carbocycles. The third-order valence-corrected chi connectivity index (χ3v) is 6.62. The minimum atomic E-state index is -4.62. The number of amides is 2. The highest BCUT2D eigenvalue weighted by Crippen LogP contribution is 2.32. The zero-order chi connectivity index (χ0) is 31.5. The van der Waals surface area contributed by atoms with Crippen molar-refractivity contribution in [2.45, 2.75) is 12.4 Å². The molecule has 5 rings (SSSR count). The minimum Gasteiger partial charge on any atom is -0.322 e. The number of halogens is 6. The van der Waals surface area contributed by atoms with Crippen LogP contribution in [-0.2, 0) is 12.4 Å². The van der Waals surface area contributed by atoms with Gasteiger partial charge in [0.15, 0.2) is 0 Å². The van der Waals surface area contributed by atoms with Crippen molar-refractivity contribution in [1.29, 1.82) is 0 Å². The lowest BCUT2D eigenvalue weighted by atomic mass is 10.0. The number of hydrogen-bond acceptors (Lipinski definition) is 2. The first-order valence-electron chi connectivity index (χ1n) is 13.1. The molecule has 0 atom stereocenters. The highest BCUT2D eigenvalue weighted by Gasteiger charge is 2.31. The maximum atomic E-state index is 13.2. The van der Waals surface area contributed by atoms with Gasteiger partial charge in [-0.25, -0.2) is 0 Å². The smallest absolute Gasteiger partial charge is 0.322 e. The van der Waals surface area contributed by atoms with Crippen LogP contribution < -0.4 is 10.6 Å². The third kappa shape index (κ3) is 7.33. The van der Waals surface area contributed by atoms with E-state index in [4.69, 9.17) is 0 Å². The number of carbonyl (C=O) groups excluding carboxylic acids is 2. The Kier molecular flexibility index (Phi) is 8.26. The fraction of sp³-hybridized carbons (Fsp3) is 0.0588. The van der Waals surface area contributed by atoms with Crippen LogP contribution >= 0.6 is 0 Å². The number of nitrogens with one attached hydrogen (secondary N) is 2. The Labute approximate surface area is 247 Å². The van der Waals surface area contributed by atoms with E-state index in [0.717, 1.165) is 52.7 Å². The normalized spacial score (nSPS) is 12.0. The van der Waals surface area contributed by atoms with Crippen molar-refractivity contribution >= 4 is 46.1 Å². The van der Waals surface area contributed by atoms with Crippen LogP contribution in [0.15, 0.2) is 109 Å². The molecular weight excluding hydrogens is 582 g/mol. The lowest BCUT2D eigenvalue weighted by Gasteiger charge is -2.12. The second-order valence-corrected chi connectivity index (χ2v) is 9.85. The van der Waals surface area contributed by atoms with Crippen molar-refractivity contribution in [1.82, 2.24) is 0 Å². The Morgan fingerprint density at radius 1 is 0.500 bits per heavy atom. The number of carbonyl (C=O) groups is 2. The second kappa shape index (κ2) is 12.1. The Morgan fingerprint density at radius 3 is 1.52 bits per heavy atom. The summed E-state index contributed by atoms with van der Waals surface area (Å²) in [5, 5.41) is 6.85. The van der Waals surface area contributed by atoms with Crippen LogP contribution in [-0.4, -0.2) is 11.8 Å². The van der Waals surface area contributed by atoms with Crippen molar-refractivity contribution in [3.8, 4) is 0 Å². The quantitative estimate of drug-likeness (QED) is 0.150. The molecule has 0 saturated carbocycles. The molecule has 2 amide bonds. The van der Waals surface area contributed by atoms with Gasteiger partial charge in [0, 0.05) is 22.5 Å². The van der Waals surface area contributed by atoms with Gasteiger partial charge < -0.3 is 10.6 Å². The summed E-state index contributed by atoms with van der Waals surface area (Å²) in [6, 6.07) is 25.7. The van der Waals surface area contributed by atoms with Gasteiger partial charge in [0.2, 0.25) is 0 Å². The van der Waals surface area contributed by atoms with Crippen LogP contribution in [0.5, 0.6) is 0 Å². The van der Waals surface area contributed by atoms with E-state index >= 15 is 0 Å². The highest BCUT2D eigenvalue weighted by atomic mass is 19.4. The number of anilines is 2. The minimum absolute atomic E-state index is 0.0581. The lowest BCUT2D eigenvalue weighted by molar-refractivity contribution is -0.138. The Balaban J connectivity index is 1.48. The van der Waals surface area contributed by atoms with Crippen LogP contribution in [0.4, 0.5) is 37.7 Å². The maximum absolute atomic E-state index is 13.2. The van der Waals surface area contributed by atoms with Gasteiger partial charge in [0.05, 0.1) is 11.1 Å². The molecule has 0 saturated heterocycles. The van der Waals surface area contributed by atoms with Crippen molar-refractivity contribution < 1.29 is 35.9 Å². The fourth-order valence-corrected chi connectivity index (χ4v) is 4.47.